The average Bonchev–Trinajstić information content (AvgIpc) is 2.86. The predicted molar refractivity (Wildman–Crippen MR) is 97.6 cm³/mol. The van der Waals surface area contributed by atoms with Gasteiger partial charge in [-0.25, -0.2) is 0 Å². The number of aromatic nitrogens is 2. The normalized spacial score (nSPS) is 15.2. The summed E-state index contributed by atoms with van der Waals surface area (Å²) in [4.78, 5) is 16.6. The van der Waals surface area contributed by atoms with Gasteiger partial charge in [0.1, 0.15) is 10.8 Å². The molecule has 1 amide bonds. The molecule has 0 unspecified atom stereocenters. The van der Waals surface area contributed by atoms with Crippen LogP contribution in [0.3, 0.4) is 0 Å². The van der Waals surface area contributed by atoms with Crippen molar-refractivity contribution < 1.29 is 9.90 Å². The van der Waals surface area contributed by atoms with E-state index in [-0.39, 0.29) is 27.3 Å². The molecule has 0 saturated carbocycles. The topological polar surface area (TPSA) is 69.6 Å². The van der Waals surface area contributed by atoms with Crippen LogP contribution >= 0.6 is 23.2 Å². The maximum atomic E-state index is 12.7. The molecule has 0 spiro atoms. The largest absolute Gasteiger partial charge is 0.505 e. The van der Waals surface area contributed by atoms with Crippen molar-refractivity contribution in [2.24, 2.45) is 0 Å². The number of amides is 1. The lowest BCUT2D eigenvalue weighted by atomic mass is 10.1. The second kappa shape index (κ2) is 7.45. The Morgan fingerprint density at radius 1 is 1.08 bits per heavy atom. The first-order valence-electron chi connectivity index (χ1n) is 7.99. The van der Waals surface area contributed by atoms with Gasteiger partial charge in [0.15, 0.2) is 5.82 Å². The molecule has 1 fully saturated rings. The van der Waals surface area contributed by atoms with E-state index in [0.717, 1.165) is 24.5 Å². The molecular formula is C17H18Cl2N4O2. The van der Waals surface area contributed by atoms with Gasteiger partial charge in [-0.2, -0.15) is 5.10 Å². The van der Waals surface area contributed by atoms with Crippen LogP contribution in [0.25, 0.3) is 0 Å². The van der Waals surface area contributed by atoms with Crippen molar-refractivity contribution in [1.82, 2.24) is 15.1 Å². The third kappa shape index (κ3) is 3.80. The molecule has 25 heavy (non-hydrogen) atoms. The van der Waals surface area contributed by atoms with Gasteiger partial charge in [-0.05, 0) is 37.6 Å². The lowest BCUT2D eigenvalue weighted by molar-refractivity contribution is 0.0764. The fraction of sp³-hybridized carbons (Fsp3) is 0.353. The molecule has 1 aromatic heterocycles. The smallest absolute Gasteiger partial charge is 0.257 e. The number of anilines is 1. The number of aryl methyl sites for hydroxylation is 1. The zero-order valence-corrected chi connectivity index (χ0v) is 15.3. The summed E-state index contributed by atoms with van der Waals surface area (Å²) in [5.74, 6) is 0.273. The van der Waals surface area contributed by atoms with Gasteiger partial charge in [-0.3, -0.25) is 4.79 Å². The van der Waals surface area contributed by atoms with Crippen LogP contribution in [-0.2, 0) is 0 Å². The van der Waals surface area contributed by atoms with E-state index in [1.54, 1.807) is 4.90 Å². The Balaban J connectivity index is 1.73. The molecule has 3 rings (SSSR count). The Kier molecular flexibility index (Phi) is 5.30. The van der Waals surface area contributed by atoms with E-state index in [9.17, 15) is 9.90 Å². The third-order valence-corrected chi connectivity index (χ3v) is 4.98. The highest BCUT2D eigenvalue weighted by atomic mass is 35.5. The number of benzene rings is 1. The summed E-state index contributed by atoms with van der Waals surface area (Å²) < 4.78 is 0. The first kappa shape index (κ1) is 17.8. The summed E-state index contributed by atoms with van der Waals surface area (Å²) in [5.41, 5.74) is 1.03. The number of nitrogens with zero attached hydrogens (tertiary/aromatic N) is 4. The monoisotopic (exact) mass is 380 g/mol. The van der Waals surface area contributed by atoms with E-state index in [0.29, 0.717) is 19.6 Å². The zero-order chi connectivity index (χ0) is 18.0. The molecule has 0 atom stereocenters. The number of phenolic OH excluding ortho intramolecular Hbond substituents is 1. The van der Waals surface area contributed by atoms with Crippen LogP contribution in [0.15, 0.2) is 24.3 Å². The number of hydrogen-bond acceptors (Lipinski definition) is 5. The quantitative estimate of drug-likeness (QED) is 0.866. The molecule has 0 radical (unpaired) electrons. The highest BCUT2D eigenvalue weighted by Crippen LogP contribution is 2.34. The molecular weight excluding hydrogens is 363 g/mol. The van der Waals surface area contributed by atoms with Crippen molar-refractivity contribution in [1.29, 1.82) is 0 Å². The third-order valence-electron chi connectivity index (χ3n) is 4.19. The second-order valence-corrected chi connectivity index (χ2v) is 6.71. The number of phenols is 1. The van der Waals surface area contributed by atoms with E-state index in [4.69, 9.17) is 23.2 Å². The standard InChI is InChI=1S/C17H18Cl2N4O2/c1-11-3-6-14(21-20-11)22-7-2-8-23(10-9-22)17(25)12-4-5-13(18)15(19)16(12)24/h3-6,24H,2,7-10H2,1H3. The van der Waals surface area contributed by atoms with Crippen LogP contribution < -0.4 is 4.90 Å². The Morgan fingerprint density at radius 2 is 1.88 bits per heavy atom. The fourth-order valence-electron chi connectivity index (χ4n) is 2.79. The van der Waals surface area contributed by atoms with E-state index in [2.05, 4.69) is 15.1 Å². The molecule has 2 heterocycles. The van der Waals surface area contributed by atoms with Crippen LogP contribution in [0.5, 0.6) is 5.75 Å². The summed E-state index contributed by atoms with van der Waals surface area (Å²) in [6.45, 7) is 4.44. The molecule has 8 heteroatoms. The zero-order valence-electron chi connectivity index (χ0n) is 13.7. The maximum Gasteiger partial charge on any atom is 0.257 e. The SMILES string of the molecule is Cc1ccc(N2CCCN(C(=O)c3ccc(Cl)c(Cl)c3O)CC2)nn1. The van der Waals surface area contributed by atoms with Crippen molar-refractivity contribution in [3.63, 3.8) is 0 Å². The van der Waals surface area contributed by atoms with Crippen molar-refractivity contribution in [3.05, 3.63) is 45.6 Å². The number of carbonyl (C=O) groups is 1. The minimum absolute atomic E-state index is 0.00102. The summed E-state index contributed by atoms with van der Waals surface area (Å²) in [6, 6.07) is 6.87. The summed E-state index contributed by atoms with van der Waals surface area (Å²) in [5, 5.41) is 18.6. The number of carbonyl (C=O) groups excluding carboxylic acids is 1. The van der Waals surface area contributed by atoms with Crippen molar-refractivity contribution in [3.8, 4) is 5.75 Å². The number of hydrogen-bond donors (Lipinski definition) is 1. The van der Waals surface area contributed by atoms with Crippen LogP contribution in [0, 0.1) is 6.92 Å². The molecule has 0 aliphatic carbocycles. The minimum Gasteiger partial charge on any atom is -0.505 e. The molecule has 2 aromatic rings. The average molecular weight is 381 g/mol. The van der Waals surface area contributed by atoms with E-state index in [1.165, 1.54) is 12.1 Å². The van der Waals surface area contributed by atoms with E-state index in [1.807, 2.05) is 19.1 Å². The van der Waals surface area contributed by atoms with Gasteiger partial charge < -0.3 is 14.9 Å². The fourth-order valence-corrected chi connectivity index (χ4v) is 3.11. The van der Waals surface area contributed by atoms with Gasteiger partial charge in [0.25, 0.3) is 5.91 Å². The Hall–Kier alpha value is -2.05. The number of aromatic hydroxyl groups is 1. The van der Waals surface area contributed by atoms with Gasteiger partial charge in [-0.15, -0.1) is 5.10 Å². The molecule has 1 saturated heterocycles. The lowest BCUT2D eigenvalue weighted by Gasteiger charge is -2.23. The molecule has 132 valence electrons. The van der Waals surface area contributed by atoms with Gasteiger partial charge in [-0.1, -0.05) is 23.2 Å². The molecule has 1 aliphatic rings. The van der Waals surface area contributed by atoms with Crippen molar-refractivity contribution in [2.45, 2.75) is 13.3 Å². The van der Waals surface area contributed by atoms with Crippen LogP contribution in [0.1, 0.15) is 22.5 Å². The first-order chi connectivity index (χ1) is 12.0. The molecule has 1 N–H and O–H groups in total. The maximum absolute atomic E-state index is 12.7. The Labute approximate surface area is 156 Å². The lowest BCUT2D eigenvalue weighted by Crippen LogP contribution is -2.35. The second-order valence-electron chi connectivity index (χ2n) is 5.92. The molecule has 1 aromatic carbocycles. The van der Waals surface area contributed by atoms with Crippen LogP contribution in [-0.4, -0.2) is 52.3 Å². The summed E-state index contributed by atoms with van der Waals surface area (Å²) >= 11 is 11.8. The summed E-state index contributed by atoms with van der Waals surface area (Å²) in [7, 11) is 0. The minimum atomic E-state index is -0.273. The van der Waals surface area contributed by atoms with Gasteiger partial charge in [0.2, 0.25) is 0 Å². The molecule has 6 nitrogen and oxygen atoms in total. The van der Waals surface area contributed by atoms with Crippen molar-refractivity contribution >= 4 is 34.9 Å². The highest BCUT2D eigenvalue weighted by Gasteiger charge is 2.24. The Bertz CT molecular complexity index is 783. The van der Waals surface area contributed by atoms with Crippen LogP contribution in [0.4, 0.5) is 5.82 Å². The predicted octanol–water partition coefficient (Wildman–Crippen LogP) is 3.15. The van der Waals surface area contributed by atoms with Gasteiger partial charge in [0.05, 0.1) is 16.3 Å². The Morgan fingerprint density at radius 3 is 2.60 bits per heavy atom. The number of halogens is 2. The van der Waals surface area contributed by atoms with Crippen molar-refractivity contribution in [2.75, 3.05) is 31.1 Å². The molecule has 0 bridgehead atoms. The van der Waals surface area contributed by atoms with Gasteiger partial charge in [0, 0.05) is 26.2 Å². The first-order valence-corrected chi connectivity index (χ1v) is 8.74. The molecule has 1 aliphatic heterocycles. The van der Waals surface area contributed by atoms with Crippen LogP contribution in [0.2, 0.25) is 10.0 Å². The van der Waals surface area contributed by atoms with E-state index >= 15 is 0 Å². The highest BCUT2D eigenvalue weighted by molar-refractivity contribution is 6.43. The number of rotatable bonds is 2. The van der Waals surface area contributed by atoms with Gasteiger partial charge >= 0.3 is 0 Å². The van der Waals surface area contributed by atoms with E-state index < -0.39 is 0 Å². The summed E-state index contributed by atoms with van der Waals surface area (Å²) in [6.07, 6.45) is 0.795.